The lowest BCUT2D eigenvalue weighted by molar-refractivity contribution is -0.0224. The van der Waals surface area contributed by atoms with Crippen LogP contribution in [0.15, 0.2) is 34.1 Å². The van der Waals surface area contributed by atoms with Crippen LogP contribution in [-0.4, -0.2) is 30.2 Å². The van der Waals surface area contributed by atoms with Crippen LogP contribution in [0.3, 0.4) is 0 Å². The Labute approximate surface area is 175 Å². The lowest BCUT2D eigenvalue weighted by atomic mass is 9.98. The number of hydrogen-bond acceptors (Lipinski definition) is 7. The van der Waals surface area contributed by atoms with Gasteiger partial charge in [-0.3, -0.25) is 19.4 Å². The van der Waals surface area contributed by atoms with Crippen molar-refractivity contribution in [3.63, 3.8) is 0 Å². The summed E-state index contributed by atoms with van der Waals surface area (Å²) in [5, 5.41) is 8.77. The van der Waals surface area contributed by atoms with Crippen molar-refractivity contribution in [2.45, 2.75) is 57.5 Å². The van der Waals surface area contributed by atoms with Gasteiger partial charge in [-0.1, -0.05) is 19.3 Å². The molecule has 1 saturated carbocycles. The second-order valence-electron chi connectivity index (χ2n) is 7.49. The smallest absolute Gasteiger partial charge is 0.338 e. The summed E-state index contributed by atoms with van der Waals surface area (Å²) in [5.41, 5.74) is 2.79. The van der Waals surface area contributed by atoms with Crippen LogP contribution < -0.4 is 32.3 Å². The molecule has 0 unspecified atom stereocenters. The zero-order chi connectivity index (χ0) is 21.2. The largest absolute Gasteiger partial charge is 0.380 e. The van der Waals surface area contributed by atoms with Crippen LogP contribution in [0.25, 0.3) is 0 Å². The number of hydroxylamine groups is 1. The summed E-state index contributed by atoms with van der Waals surface area (Å²) in [5.74, 6) is 0. The van der Waals surface area contributed by atoms with E-state index in [9.17, 15) is 14.4 Å². The number of pyridine rings is 1. The van der Waals surface area contributed by atoms with Crippen molar-refractivity contribution in [1.29, 1.82) is 0 Å². The van der Waals surface area contributed by atoms with Crippen LogP contribution in [0.1, 0.15) is 51.4 Å². The number of hydrogen-bond donors (Lipinski definition) is 4. The maximum Gasteiger partial charge on any atom is 0.338 e. The maximum atomic E-state index is 11.8. The molecule has 0 aliphatic heterocycles. The van der Waals surface area contributed by atoms with Gasteiger partial charge < -0.3 is 16.0 Å². The van der Waals surface area contributed by atoms with Crippen molar-refractivity contribution in [2.75, 3.05) is 23.7 Å². The molecule has 4 N–H and O–H groups in total. The van der Waals surface area contributed by atoms with Gasteiger partial charge >= 0.3 is 6.03 Å². The molecule has 0 saturated heterocycles. The minimum atomic E-state index is -0.514. The fraction of sp³-hybridized carbons (Fsp3) is 0.524. The van der Waals surface area contributed by atoms with Gasteiger partial charge in [-0.25, -0.2) is 10.3 Å². The van der Waals surface area contributed by atoms with Gasteiger partial charge in [-0.15, -0.1) is 0 Å². The summed E-state index contributed by atoms with van der Waals surface area (Å²) in [6.45, 7) is 1.13. The molecule has 162 valence electrons. The van der Waals surface area contributed by atoms with Crippen molar-refractivity contribution >= 4 is 23.1 Å². The topological polar surface area (TPSA) is 121 Å². The Kier molecular flexibility index (Phi) is 8.20. The van der Waals surface area contributed by atoms with Crippen LogP contribution in [0.4, 0.5) is 21.9 Å². The molecule has 0 bridgehead atoms. The molecule has 2 aromatic rings. The first kappa shape index (κ1) is 21.8. The van der Waals surface area contributed by atoms with Crippen LogP contribution in [-0.2, 0) is 4.84 Å². The van der Waals surface area contributed by atoms with E-state index >= 15 is 0 Å². The highest BCUT2D eigenvalue weighted by molar-refractivity contribution is 5.78. The monoisotopic (exact) mass is 415 g/mol. The van der Waals surface area contributed by atoms with E-state index in [-0.39, 0.29) is 12.1 Å². The van der Waals surface area contributed by atoms with Gasteiger partial charge in [0, 0.05) is 31.2 Å². The van der Waals surface area contributed by atoms with Crippen molar-refractivity contribution in [3.8, 4) is 0 Å². The van der Waals surface area contributed by atoms with Gasteiger partial charge in [0.05, 0.1) is 6.10 Å². The minimum absolute atomic E-state index is 0.129. The quantitative estimate of drug-likeness (QED) is 0.253. The summed E-state index contributed by atoms with van der Waals surface area (Å²) < 4.78 is 0. The third-order valence-corrected chi connectivity index (χ3v) is 5.17. The first-order chi connectivity index (χ1) is 14.6. The molecule has 9 heteroatoms. The summed E-state index contributed by atoms with van der Waals surface area (Å²) >= 11 is 0. The molecule has 3 rings (SSSR count). The normalized spacial score (nSPS) is 14.4. The van der Waals surface area contributed by atoms with Crippen LogP contribution in [0, 0.1) is 0 Å². The molecule has 30 heavy (non-hydrogen) atoms. The predicted octanol–water partition coefficient (Wildman–Crippen LogP) is 2.57. The molecule has 1 aromatic heterocycles. The highest BCUT2D eigenvalue weighted by atomic mass is 16.7. The van der Waals surface area contributed by atoms with E-state index in [4.69, 9.17) is 4.84 Å². The SMILES string of the molecule is O=C(NCCCCCNc1c(Nc2ccncc2)c(=O)c1=O)NOC1CCCCC1. The Balaban J connectivity index is 1.26. The Morgan fingerprint density at radius 2 is 1.67 bits per heavy atom. The predicted molar refractivity (Wildman–Crippen MR) is 116 cm³/mol. The van der Waals surface area contributed by atoms with E-state index in [0.29, 0.717) is 30.2 Å². The molecule has 1 fully saturated rings. The third-order valence-electron chi connectivity index (χ3n) is 5.17. The molecule has 1 aliphatic carbocycles. The van der Waals surface area contributed by atoms with Crippen molar-refractivity contribution in [2.24, 2.45) is 0 Å². The average Bonchev–Trinajstić information content (AvgIpc) is 2.79. The number of unbranched alkanes of at least 4 members (excludes halogenated alkanes) is 2. The second-order valence-corrected chi connectivity index (χ2v) is 7.49. The fourth-order valence-corrected chi connectivity index (χ4v) is 3.46. The number of carbonyl (C=O) groups is 1. The molecule has 2 amide bonds. The molecular formula is C21H29N5O4. The van der Waals surface area contributed by atoms with E-state index in [0.717, 1.165) is 44.9 Å². The Morgan fingerprint density at radius 1 is 0.967 bits per heavy atom. The summed E-state index contributed by atoms with van der Waals surface area (Å²) in [4.78, 5) is 44.6. The number of urea groups is 1. The van der Waals surface area contributed by atoms with Gasteiger partial charge in [0.2, 0.25) is 0 Å². The van der Waals surface area contributed by atoms with E-state index in [1.165, 1.54) is 6.42 Å². The number of nitrogens with one attached hydrogen (secondary N) is 4. The summed E-state index contributed by atoms with van der Waals surface area (Å²) in [6.07, 6.45) is 11.4. The maximum absolute atomic E-state index is 11.8. The van der Waals surface area contributed by atoms with Crippen molar-refractivity contribution < 1.29 is 9.63 Å². The Bertz CT molecular complexity index is 873. The number of rotatable bonds is 11. The van der Waals surface area contributed by atoms with Gasteiger partial charge in [-0.2, -0.15) is 0 Å². The first-order valence-corrected chi connectivity index (χ1v) is 10.6. The van der Waals surface area contributed by atoms with Gasteiger partial charge in [0.25, 0.3) is 10.9 Å². The first-order valence-electron chi connectivity index (χ1n) is 10.6. The number of nitrogens with zero attached hydrogens (tertiary/aromatic N) is 1. The van der Waals surface area contributed by atoms with E-state index in [1.807, 2.05) is 0 Å². The molecule has 1 heterocycles. The molecule has 0 atom stereocenters. The Morgan fingerprint density at radius 3 is 2.43 bits per heavy atom. The van der Waals surface area contributed by atoms with Crippen LogP contribution >= 0.6 is 0 Å². The van der Waals surface area contributed by atoms with E-state index < -0.39 is 10.9 Å². The van der Waals surface area contributed by atoms with Gasteiger partial charge in [-0.05, 0) is 44.2 Å². The van der Waals surface area contributed by atoms with Crippen LogP contribution in [0.2, 0.25) is 0 Å². The lowest BCUT2D eigenvalue weighted by Crippen LogP contribution is -2.39. The summed E-state index contributed by atoms with van der Waals surface area (Å²) in [6, 6.07) is 3.14. The summed E-state index contributed by atoms with van der Waals surface area (Å²) in [7, 11) is 0. The number of carbonyl (C=O) groups excluding carboxylic acids is 1. The highest BCUT2D eigenvalue weighted by Gasteiger charge is 2.20. The zero-order valence-electron chi connectivity index (χ0n) is 17.0. The number of anilines is 3. The highest BCUT2D eigenvalue weighted by Crippen LogP contribution is 2.20. The van der Waals surface area contributed by atoms with E-state index in [2.05, 4.69) is 26.4 Å². The van der Waals surface area contributed by atoms with Crippen molar-refractivity contribution in [3.05, 3.63) is 45.0 Å². The van der Waals surface area contributed by atoms with Crippen molar-refractivity contribution in [1.82, 2.24) is 15.8 Å². The Hall–Kier alpha value is -2.94. The molecule has 0 radical (unpaired) electrons. The fourth-order valence-electron chi connectivity index (χ4n) is 3.46. The molecule has 1 aromatic carbocycles. The number of amides is 2. The second kappa shape index (κ2) is 11.3. The van der Waals surface area contributed by atoms with Gasteiger partial charge in [0.15, 0.2) is 0 Å². The third kappa shape index (κ3) is 6.28. The molecule has 9 nitrogen and oxygen atoms in total. The lowest BCUT2D eigenvalue weighted by Gasteiger charge is -2.21. The van der Waals surface area contributed by atoms with Crippen LogP contribution in [0.5, 0.6) is 0 Å². The van der Waals surface area contributed by atoms with Gasteiger partial charge in [0.1, 0.15) is 11.4 Å². The standard InChI is InChI=1S/C21H29N5O4/c27-19-17(18(20(19)28)25-15-9-13-22-14-10-15)23-11-5-2-6-12-24-21(29)26-30-16-7-3-1-4-8-16/h9-10,13-14,16,23H,1-8,11-12H2,(H,22,25)(H2,24,26,29). The molecular weight excluding hydrogens is 386 g/mol. The number of aromatic nitrogens is 1. The molecule has 0 spiro atoms. The average molecular weight is 415 g/mol. The molecule has 1 aliphatic rings. The van der Waals surface area contributed by atoms with E-state index in [1.54, 1.807) is 24.5 Å². The minimum Gasteiger partial charge on any atom is -0.380 e. The zero-order valence-corrected chi connectivity index (χ0v) is 17.0.